The van der Waals surface area contributed by atoms with Crippen molar-refractivity contribution in [1.82, 2.24) is 0 Å². The molecule has 0 spiro atoms. The first-order chi connectivity index (χ1) is 5.57. The molecule has 3 unspecified atom stereocenters. The summed E-state index contributed by atoms with van der Waals surface area (Å²) in [5.74, 6) is 0. The molecule has 0 saturated carbocycles. The van der Waals surface area contributed by atoms with Crippen molar-refractivity contribution in [2.24, 2.45) is 0 Å². The zero-order valence-electron chi connectivity index (χ0n) is 9.10. The molecule has 1 saturated heterocycles. The summed E-state index contributed by atoms with van der Waals surface area (Å²) < 4.78 is 5.02. The average Bonchev–Trinajstić information content (AvgIpc) is 2.08. The van der Waals surface area contributed by atoms with Gasteiger partial charge in [-0.05, 0) is 6.92 Å². The Kier molecular flexibility index (Phi) is 28.6. The standard InChI is InChI=1S/C7H14O5.4Ac/c1-3-5(9)7(11)6(10)4(2-8)12-3;;;;/h3-11H,2H2,1H3;;;;/t3-,4?,5?,6-,7?;;;;/m0..../s1. The molecular formula is C7H14Ac4O5. The predicted molar refractivity (Wildman–Crippen MR) is 39.4 cm³/mol. The van der Waals surface area contributed by atoms with Gasteiger partial charge in [-0.2, -0.15) is 0 Å². The van der Waals surface area contributed by atoms with Crippen LogP contribution < -0.4 is 0 Å². The molecule has 1 fully saturated rings. The van der Waals surface area contributed by atoms with Gasteiger partial charge in [0.1, 0.15) is 24.4 Å². The fourth-order valence-corrected chi connectivity index (χ4v) is 1.29. The Hall–Kier alpha value is 5.57. The zero-order chi connectivity index (χ0) is 9.30. The third kappa shape index (κ3) is 8.88. The summed E-state index contributed by atoms with van der Waals surface area (Å²) in [5.41, 5.74) is 0. The maximum Gasteiger partial charge on any atom is 0.111 e. The van der Waals surface area contributed by atoms with E-state index in [1.165, 1.54) is 0 Å². The van der Waals surface area contributed by atoms with E-state index in [0.29, 0.717) is 0 Å². The Labute approximate surface area is 238 Å². The largest absolute Gasteiger partial charge is 0.394 e. The topological polar surface area (TPSA) is 90.2 Å². The van der Waals surface area contributed by atoms with Gasteiger partial charge in [-0.15, -0.1) is 0 Å². The fraction of sp³-hybridized carbons (Fsp3) is 1.00. The minimum Gasteiger partial charge on any atom is -0.394 e. The van der Waals surface area contributed by atoms with Gasteiger partial charge in [0.05, 0.1) is 12.7 Å². The molecule has 0 bridgehead atoms. The van der Waals surface area contributed by atoms with Gasteiger partial charge in [-0.25, -0.2) is 0 Å². The SMILES string of the molecule is C[C@@H]1OC(CO)[C@H](O)C(O)C1O.[Ac].[Ac].[Ac].[Ac]. The molecule has 16 heavy (non-hydrogen) atoms. The maximum absolute atomic E-state index is 9.23. The minimum atomic E-state index is -1.24. The van der Waals surface area contributed by atoms with Crippen molar-refractivity contribution < 1.29 is 201 Å². The van der Waals surface area contributed by atoms with Crippen molar-refractivity contribution in [3.8, 4) is 0 Å². The Morgan fingerprint density at radius 1 is 0.875 bits per heavy atom. The third-order valence-corrected chi connectivity index (χ3v) is 2.13. The van der Waals surface area contributed by atoms with Crippen LogP contribution in [0.3, 0.4) is 0 Å². The number of aliphatic hydroxyl groups is 4. The molecule has 0 aromatic heterocycles. The van der Waals surface area contributed by atoms with Crippen molar-refractivity contribution in [2.75, 3.05) is 6.61 Å². The van der Waals surface area contributed by atoms with Crippen LogP contribution >= 0.6 is 0 Å². The van der Waals surface area contributed by atoms with Gasteiger partial charge >= 0.3 is 0 Å². The molecular weight excluding hydrogens is 1070 g/mol. The Morgan fingerprint density at radius 2 is 1.31 bits per heavy atom. The summed E-state index contributed by atoms with van der Waals surface area (Å²) in [6, 6.07) is 0. The number of hydrogen-bond acceptors (Lipinski definition) is 5. The summed E-state index contributed by atoms with van der Waals surface area (Å²) >= 11 is 0. The second-order valence-electron chi connectivity index (χ2n) is 3.03. The van der Waals surface area contributed by atoms with Crippen LogP contribution in [-0.4, -0.2) is 57.6 Å². The molecule has 1 rings (SSSR count). The van der Waals surface area contributed by atoms with Gasteiger partial charge in [0, 0.05) is 176 Å². The van der Waals surface area contributed by atoms with E-state index < -0.39 is 30.5 Å². The summed E-state index contributed by atoms with van der Waals surface area (Å²) in [6.45, 7) is 1.21. The van der Waals surface area contributed by atoms with Crippen LogP contribution in [0.1, 0.15) is 6.92 Å². The van der Waals surface area contributed by atoms with Gasteiger partial charge in [0.25, 0.3) is 0 Å². The Balaban J connectivity index is -0.000000180. The molecule has 0 aliphatic carbocycles. The van der Waals surface area contributed by atoms with Gasteiger partial charge in [0.2, 0.25) is 0 Å². The summed E-state index contributed by atoms with van der Waals surface area (Å²) in [5, 5.41) is 36.4. The van der Waals surface area contributed by atoms with Gasteiger partial charge in [0.15, 0.2) is 0 Å². The van der Waals surface area contributed by atoms with Crippen molar-refractivity contribution in [2.45, 2.75) is 37.4 Å². The van der Waals surface area contributed by atoms with Crippen LogP contribution in [-0.2, 0) is 4.74 Å². The minimum absolute atomic E-state index is 0. The second-order valence-corrected chi connectivity index (χ2v) is 3.03. The molecule has 0 aromatic rings. The smallest absolute Gasteiger partial charge is 0.111 e. The quantitative estimate of drug-likeness (QED) is 0.241. The van der Waals surface area contributed by atoms with E-state index in [0.717, 1.165) is 0 Å². The molecule has 0 amide bonds. The van der Waals surface area contributed by atoms with Crippen LogP contribution in [0.5, 0.6) is 0 Å². The molecule has 5 nitrogen and oxygen atoms in total. The third-order valence-electron chi connectivity index (χ3n) is 2.13. The van der Waals surface area contributed by atoms with E-state index in [1.807, 2.05) is 0 Å². The van der Waals surface area contributed by atoms with E-state index in [9.17, 15) is 15.3 Å². The number of ether oxygens (including phenoxy) is 1. The predicted octanol–water partition coefficient (Wildman–Crippen LogP) is -2.15. The van der Waals surface area contributed by atoms with Crippen molar-refractivity contribution in [1.29, 1.82) is 0 Å². The number of hydrogen-bond donors (Lipinski definition) is 4. The number of aliphatic hydroxyl groups excluding tert-OH is 4. The van der Waals surface area contributed by atoms with E-state index in [1.54, 1.807) is 6.92 Å². The summed E-state index contributed by atoms with van der Waals surface area (Å²) in [7, 11) is 0. The van der Waals surface area contributed by atoms with Crippen molar-refractivity contribution in [3.63, 3.8) is 0 Å². The molecule has 4 radical (unpaired) electrons. The Morgan fingerprint density at radius 3 is 1.69 bits per heavy atom. The number of rotatable bonds is 1. The zero-order valence-corrected chi connectivity index (χ0v) is 28.1. The fourth-order valence-electron chi connectivity index (χ4n) is 1.29. The van der Waals surface area contributed by atoms with Gasteiger partial charge in [-0.3, -0.25) is 0 Å². The van der Waals surface area contributed by atoms with Crippen LogP contribution in [0.2, 0.25) is 0 Å². The summed E-state index contributed by atoms with van der Waals surface area (Å²) in [6.07, 6.45) is -4.94. The first-order valence-corrected chi connectivity index (χ1v) is 3.88. The first kappa shape index (κ1) is 29.6. The van der Waals surface area contributed by atoms with E-state index in [2.05, 4.69) is 0 Å². The van der Waals surface area contributed by atoms with E-state index in [-0.39, 0.29) is 183 Å². The average molecular weight is 1090 g/mol. The molecule has 1 heterocycles. The van der Waals surface area contributed by atoms with Gasteiger partial charge in [-0.1, -0.05) is 0 Å². The molecule has 9 heteroatoms. The van der Waals surface area contributed by atoms with Crippen molar-refractivity contribution >= 4 is 0 Å². The van der Waals surface area contributed by atoms with Crippen LogP contribution in [0, 0.1) is 176 Å². The maximum atomic E-state index is 9.23. The monoisotopic (exact) mass is 1090 g/mol. The Bertz CT molecular complexity index is 159. The van der Waals surface area contributed by atoms with E-state index >= 15 is 0 Å². The molecule has 4 N–H and O–H groups in total. The molecule has 0 aromatic carbocycles. The molecule has 5 atom stereocenters. The molecule has 1 aliphatic rings. The normalized spacial score (nSPS) is 36.9. The summed E-state index contributed by atoms with van der Waals surface area (Å²) in [4.78, 5) is 0. The van der Waals surface area contributed by atoms with Crippen LogP contribution in [0.25, 0.3) is 0 Å². The molecule has 84 valence electrons. The first-order valence-electron chi connectivity index (χ1n) is 3.88. The van der Waals surface area contributed by atoms with E-state index in [4.69, 9.17) is 9.84 Å². The van der Waals surface area contributed by atoms with Crippen LogP contribution in [0.15, 0.2) is 0 Å². The van der Waals surface area contributed by atoms with Crippen molar-refractivity contribution in [3.05, 3.63) is 0 Å². The molecule has 1 aliphatic heterocycles. The second kappa shape index (κ2) is 15.5. The van der Waals surface area contributed by atoms with Gasteiger partial charge < -0.3 is 25.2 Å². The van der Waals surface area contributed by atoms with Crippen LogP contribution in [0.4, 0.5) is 0 Å².